The molecule has 1 N–H and O–H groups in total. The first-order chi connectivity index (χ1) is 4.76. The van der Waals surface area contributed by atoms with Gasteiger partial charge in [0.05, 0.1) is 0 Å². The molecule has 7 heteroatoms. The number of nitro groups is 1. The Morgan fingerprint density at radius 1 is 1.55 bits per heavy atom. The molecule has 0 aromatic heterocycles. The summed E-state index contributed by atoms with van der Waals surface area (Å²) in [6, 6.07) is -2.02. The van der Waals surface area contributed by atoms with Crippen molar-refractivity contribution in [1.29, 1.82) is 0 Å². The number of halogens is 3. The minimum absolute atomic E-state index is 0.693. The number of nitrogens with zero attached hydrogens (tertiary/aromatic N) is 1. The molecule has 0 amide bonds. The summed E-state index contributed by atoms with van der Waals surface area (Å²) in [7, 11) is 0. The first-order valence-electron chi connectivity index (χ1n) is 2.65. The zero-order chi connectivity index (χ0) is 9.23. The molecule has 2 atom stereocenters. The molecule has 0 aromatic carbocycles. The van der Waals surface area contributed by atoms with Crippen LogP contribution in [0.2, 0.25) is 0 Å². The number of alkyl halides is 3. The molecule has 0 saturated heterocycles. The summed E-state index contributed by atoms with van der Waals surface area (Å²) in [6.45, 7) is 0.693. The number of rotatable bonds is 2. The Morgan fingerprint density at radius 3 is 2.00 bits per heavy atom. The average molecular weight is 173 g/mol. The highest BCUT2D eigenvalue weighted by molar-refractivity contribution is 4.70. The van der Waals surface area contributed by atoms with E-state index >= 15 is 0 Å². The summed E-state index contributed by atoms with van der Waals surface area (Å²) < 4.78 is 34.5. The molecule has 0 aromatic rings. The molecular formula is C4H6F3NO3. The Morgan fingerprint density at radius 2 is 1.91 bits per heavy atom. The largest absolute Gasteiger partial charge is 0.421 e. The predicted molar refractivity (Wildman–Crippen MR) is 28.5 cm³/mol. The van der Waals surface area contributed by atoms with Crippen LogP contribution < -0.4 is 0 Å². The third kappa shape index (κ3) is 2.71. The van der Waals surface area contributed by atoms with Gasteiger partial charge in [0.2, 0.25) is 12.1 Å². The highest BCUT2D eigenvalue weighted by Crippen LogP contribution is 2.23. The lowest BCUT2D eigenvalue weighted by atomic mass is 10.2. The van der Waals surface area contributed by atoms with Gasteiger partial charge in [0.1, 0.15) is 0 Å². The minimum Gasteiger partial charge on any atom is -0.378 e. The van der Waals surface area contributed by atoms with Crippen LogP contribution in [0, 0.1) is 10.1 Å². The molecule has 2 unspecified atom stereocenters. The van der Waals surface area contributed by atoms with E-state index in [1.807, 2.05) is 0 Å². The Labute approximate surface area is 59.8 Å². The monoisotopic (exact) mass is 173 g/mol. The number of aliphatic hydroxyl groups is 1. The number of aliphatic hydroxyl groups excluding tert-OH is 1. The van der Waals surface area contributed by atoms with Crippen molar-refractivity contribution in [3.05, 3.63) is 10.1 Å². The highest BCUT2D eigenvalue weighted by Gasteiger charge is 2.47. The van der Waals surface area contributed by atoms with Crippen LogP contribution in [0.3, 0.4) is 0 Å². The Bertz CT molecular complexity index is 157. The summed E-state index contributed by atoms with van der Waals surface area (Å²) in [4.78, 5) is 8.55. The fourth-order valence-electron chi connectivity index (χ4n) is 0.389. The fourth-order valence-corrected chi connectivity index (χ4v) is 0.389. The second-order valence-corrected chi connectivity index (χ2v) is 2.01. The second-order valence-electron chi connectivity index (χ2n) is 2.01. The molecule has 0 fully saturated rings. The quantitative estimate of drug-likeness (QED) is 0.490. The highest BCUT2D eigenvalue weighted by atomic mass is 19.4. The molecule has 66 valence electrons. The molecule has 0 saturated carbocycles. The van der Waals surface area contributed by atoms with Crippen molar-refractivity contribution in [1.82, 2.24) is 0 Å². The third-order valence-corrected chi connectivity index (χ3v) is 1.12. The van der Waals surface area contributed by atoms with E-state index in [1.165, 1.54) is 0 Å². The Hall–Kier alpha value is -0.850. The van der Waals surface area contributed by atoms with Crippen molar-refractivity contribution in [3.8, 4) is 0 Å². The summed E-state index contributed by atoms with van der Waals surface area (Å²) in [6.07, 6.45) is -7.82. The van der Waals surface area contributed by atoms with Gasteiger partial charge in [0.25, 0.3) is 0 Å². The van der Waals surface area contributed by atoms with Crippen molar-refractivity contribution < 1.29 is 23.2 Å². The van der Waals surface area contributed by atoms with Crippen LogP contribution in [0.5, 0.6) is 0 Å². The molecule has 0 radical (unpaired) electrons. The molecule has 0 spiro atoms. The third-order valence-electron chi connectivity index (χ3n) is 1.12. The van der Waals surface area contributed by atoms with E-state index in [4.69, 9.17) is 5.11 Å². The lowest BCUT2D eigenvalue weighted by Crippen LogP contribution is -2.42. The zero-order valence-electron chi connectivity index (χ0n) is 5.50. The number of hydrogen-bond donors (Lipinski definition) is 1. The first-order valence-corrected chi connectivity index (χ1v) is 2.65. The molecule has 0 bridgehead atoms. The lowest BCUT2D eigenvalue weighted by molar-refractivity contribution is -0.539. The minimum atomic E-state index is -4.92. The summed E-state index contributed by atoms with van der Waals surface area (Å²) in [5.74, 6) is 0. The van der Waals surface area contributed by atoms with Crippen molar-refractivity contribution >= 4 is 0 Å². The summed E-state index contributed by atoms with van der Waals surface area (Å²) in [5, 5.41) is 18.0. The molecule has 0 heterocycles. The van der Waals surface area contributed by atoms with Crippen molar-refractivity contribution in [2.75, 3.05) is 0 Å². The van der Waals surface area contributed by atoms with Gasteiger partial charge in [-0.1, -0.05) is 0 Å². The van der Waals surface area contributed by atoms with E-state index in [0.717, 1.165) is 0 Å². The van der Waals surface area contributed by atoms with Crippen LogP contribution in [0.25, 0.3) is 0 Å². The topological polar surface area (TPSA) is 63.4 Å². The molecule has 11 heavy (non-hydrogen) atoms. The van der Waals surface area contributed by atoms with Crippen LogP contribution in [-0.2, 0) is 0 Å². The molecule has 0 aliphatic rings. The summed E-state index contributed by atoms with van der Waals surface area (Å²) >= 11 is 0. The molecule has 0 rings (SSSR count). The van der Waals surface area contributed by atoms with Gasteiger partial charge in [-0.3, -0.25) is 10.1 Å². The lowest BCUT2D eigenvalue weighted by Gasteiger charge is -2.14. The standard InChI is InChI=1S/C4H6F3NO3/c1-2(8(10)11)3(9)4(5,6)7/h2-3,9H,1H3. The fraction of sp³-hybridized carbons (Fsp3) is 1.00. The SMILES string of the molecule is CC(C(O)C(F)(F)F)[N+](=O)[O-]. The van der Waals surface area contributed by atoms with Crippen LogP contribution in [0.15, 0.2) is 0 Å². The maximum atomic E-state index is 11.5. The maximum absolute atomic E-state index is 11.5. The first kappa shape index (κ1) is 10.2. The van der Waals surface area contributed by atoms with Crippen LogP contribution in [0.1, 0.15) is 6.92 Å². The second kappa shape index (κ2) is 3.04. The average Bonchev–Trinajstić information content (AvgIpc) is 1.82. The smallest absolute Gasteiger partial charge is 0.378 e. The Kier molecular flexibility index (Phi) is 2.80. The molecular weight excluding hydrogens is 167 g/mol. The Balaban J connectivity index is 4.25. The maximum Gasteiger partial charge on any atom is 0.421 e. The number of hydrogen-bond acceptors (Lipinski definition) is 3. The van der Waals surface area contributed by atoms with Gasteiger partial charge in [-0.25, -0.2) is 0 Å². The molecule has 0 aliphatic heterocycles. The van der Waals surface area contributed by atoms with Crippen LogP contribution in [-0.4, -0.2) is 28.4 Å². The van der Waals surface area contributed by atoms with E-state index in [0.29, 0.717) is 6.92 Å². The van der Waals surface area contributed by atoms with Gasteiger partial charge < -0.3 is 5.11 Å². The van der Waals surface area contributed by atoms with E-state index < -0.39 is 23.2 Å². The van der Waals surface area contributed by atoms with Gasteiger partial charge in [-0.15, -0.1) is 0 Å². The van der Waals surface area contributed by atoms with Gasteiger partial charge in [0.15, 0.2) is 0 Å². The predicted octanol–water partition coefficient (Wildman–Crippen LogP) is 0.575. The normalized spacial score (nSPS) is 17.5. The van der Waals surface area contributed by atoms with Gasteiger partial charge in [-0.05, 0) is 0 Å². The van der Waals surface area contributed by atoms with Crippen LogP contribution >= 0.6 is 0 Å². The van der Waals surface area contributed by atoms with Crippen molar-refractivity contribution in [2.45, 2.75) is 25.2 Å². The van der Waals surface area contributed by atoms with Gasteiger partial charge in [0, 0.05) is 11.8 Å². The zero-order valence-corrected chi connectivity index (χ0v) is 5.50. The van der Waals surface area contributed by atoms with E-state index in [2.05, 4.69) is 0 Å². The van der Waals surface area contributed by atoms with Gasteiger partial charge >= 0.3 is 6.18 Å². The van der Waals surface area contributed by atoms with E-state index in [-0.39, 0.29) is 0 Å². The van der Waals surface area contributed by atoms with E-state index in [1.54, 1.807) is 0 Å². The van der Waals surface area contributed by atoms with Crippen molar-refractivity contribution in [2.24, 2.45) is 0 Å². The molecule has 4 nitrogen and oxygen atoms in total. The molecule has 0 aliphatic carbocycles. The van der Waals surface area contributed by atoms with Crippen molar-refractivity contribution in [3.63, 3.8) is 0 Å². The summed E-state index contributed by atoms with van der Waals surface area (Å²) in [5.41, 5.74) is 0. The van der Waals surface area contributed by atoms with E-state index in [9.17, 15) is 23.3 Å². The van der Waals surface area contributed by atoms with Crippen LogP contribution in [0.4, 0.5) is 13.2 Å². The van der Waals surface area contributed by atoms with Gasteiger partial charge in [-0.2, -0.15) is 13.2 Å².